The van der Waals surface area contributed by atoms with Crippen LogP contribution in [0.4, 0.5) is 0 Å². The summed E-state index contributed by atoms with van der Waals surface area (Å²) in [6.45, 7) is 2.37. The zero-order valence-electron chi connectivity index (χ0n) is 11.8. The second kappa shape index (κ2) is 7.14. The number of carboxylic acid groups (broad SMARTS) is 1. The second-order valence-corrected chi connectivity index (χ2v) is 5.42. The highest BCUT2D eigenvalue weighted by molar-refractivity contribution is 6.30. The Labute approximate surface area is 129 Å². The number of carbonyl (C=O) groups is 1. The topological polar surface area (TPSA) is 46.5 Å². The van der Waals surface area contributed by atoms with Crippen LogP contribution in [0.25, 0.3) is 0 Å². The molecule has 0 aromatic heterocycles. The van der Waals surface area contributed by atoms with Crippen LogP contribution in [-0.2, 0) is 11.4 Å². The normalized spacial score (nSPS) is 11.9. The summed E-state index contributed by atoms with van der Waals surface area (Å²) in [6.07, 6.45) is 0.130. The maximum Gasteiger partial charge on any atom is 0.303 e. The van der Waals surface area contributed by atoms with Gasteiger partial charge in [-0.3, -0.25) is 4.79 Å². The molecule has 110 valence electrons. The molecule has 21 heavy (non-hydrogen) atoms. The van der Waals surface area contributed by atoms with E-state index in [1.54, 1.807) is 0 Å². The van der Waals surface area contributed by atoms with E-state index in [4.69, 9.17) is 21.4 Å². The molecule has 0 spiro atoms. The van der Waals surface area contributed by atoms with E-state index in [-0.39, 0.29) is 12.3 Å². The lowest BCUT2D eigenvalue weighted by Gasteiger charge is -2.11. The Morgan fingerprint density at radius 1 is 1.14 bits per heavy atom. The van der Waals surface area contributed by atoms with Crippen LogP contribution in [0.3, 0.4) is 0 Å². The Bertz CT molecular complexity index is 590. The van der Waals surface area contributed by atoms with Gasteiger partial charge >= 0.3 is 5.97 Å². The van der Waals surface area contributed by atoms with Crippen molar-refractivity contribution in [1.82, 2.24) is 0 Å². The number of rotatable bonds is 6. The first-order chi connectivity index (χ1) is 10.0. The first-order valence-electron chi connectivity index (χ1n) is 6.73. The Balaban J connectivity index is 1.93. The standard InChI is InChI=1S/C17H17ClO3/c1-12(10-17(19)20)14-4-8-16(9-5-14)21-11-13-2-6-15(18)7-3-13/h2-9,12H,10-11H2,1H3,(H,19,20)/t12-/m0/s1. The number of ether oxygens (including phenoxy) is 1. The van der Waals surface area contributed by atoms with Gasteiger partial charge in [0.15, 0.2) is 0 Å². The lowest BCUT2D eigenvalue weighted by molar-refractivity contribution is -0.137. The molecule has 0 aliphatic heterocycles. The third-order valence-corrected chi connectivity index (χ3v) is 3.50. The fraction of sp³-hybridized carbons (Fsp3) is 0.235. The van der Waals surface area contributed by atoms with Crippen molar-refractivity contribution in [2.24, 2.45) is 0 Å². The lowest BCUT2D eigenvalue weighted by Crippen LogP contribution is -2.02. The zero-order valence-corrected chi connectivity index (χ0v) is 12.5. The zero-order chi connectivity index (χ0) is 15.2. The van der Waals surface area contributed by atoms with Crippen molar-refractivity contribution in [3.63, 3.8) is 0 Å². The van der Waals surface area contributed by atoms with Gasteiger partial charge in [0.2, 0.25) is 0 Å². The molecule has 0 unspecified atom stereocenters. The molecule has 2 aromatic carbocycles. The van der Waals surface area contributed by atoms with Gasteiger partial charge in [-0.25, -0.2) is 0 Å². The molecule has 0 radical (unpaired) electrons. The van der Waals surface area contributed by atoms with Gasteiger partial charge in [0.25, 0.3) is 0 Å². The molecular weight excluding hydrogens is 288 g/mol. The van der Waals surface area contributed by atoms with Crippen molar-refractivity contribution in [2.45, 2.75) is 25.9 Å². The van der Waals surface area contributed by atoms with Gasteiger partial charge < -0.3 is 9.84 Å². The van der Waals surface area contributed by atoms with Crippen molar-refractivity contribution in [1.29, 1.82) is 0 Å². The monoisotopic (exact) mass is 304 g/mol. The lowest BCUT2D eigenvalue weighted by atomic mass is 9.98. The van der Waals surface area contributed by atoms with Crippen LogP contribution >= 0.6 is 11.6 Å². The minimum atomic E-state index is -0.787. The molecular formula is C17H17ClO3. The molecule has 0 bridgehead atoms. The van der Waals surface area contributed by atoms with Crippen LogP contribution < -0.4 is 4.74 Å². The maximum absolute atomic E-state index is 10.7. The van der Waals surface area contributed by atoms with E-state index in [1.807, 2.05) is 55.5 Å². The van der Waals surface area contributed by atoms with Crippen LogP contribution in [-0.4, -0.2) is 11.1 Å². The van der Waals surface area contributed by atoms with Crippen LogP contribution in [0, 0.1) is 0 Å². The molecule has 0 amide bonds. The number of carboxylic acids is 1. The van der Waals surface area contributed by atoms with Gasteiger partial charge in [-0.2, -0.15) is 0 Å². The molecule has 3 nitrogen and oxygen atoms in total. The first-order valence-corrected chi connectivity index (χ1v) is 7.11. The number of aliphatic carboxylic acids is 1. The Morgan fingerprint density at radius 2 is 1.76 bits per heavy atom. The van der Waals surface area contributed by atoms with E-state index in [1.165, 1.54) is 0 Å². The molecule has 0 fully saturated rings. The Morgan fingerprint density at radius 3 is 2.33 bits per heavy atom. The molecule has 0 aliphatic rings. The first kappa shape index (κ1) is 15.4. The van der Waals surface area contributed by atoms with Gasteiger partial charge in [-0.05, 0) is 41.3 Å². The van der Waals surface area contributed by atoms with Crippen LogP contribution in [0.15, 0.2) is 48.5 Å². The summed E-state index contributed by atoms with van der Waals surface area (Å²) < 4.78 is 5.69. The molecule has 0 heterocycles. The van der Waals surface area contributed by atoms with Gasteiger partial charge in [0, 0.05) is 5.02 Å². The smallest absolute Gasteiger partial charge is 0.303 e. The molecule has 2 rings (SSSR count). The molecule has 0 saturated heterocycles. The van der Waals surface area contributed by atoms with E-state index in [0.717, 1.165) is 16.9 Å². The summed E-state index contributed by atoms with van der Waals surface area (Å²) in [7, 11) is 0. The average molecular weight is 305 g/mol. The summed E-state index contributed by atoms with van der Waals surface area (Å²) in [5.41, 5.74) is 2.04. The van der Waals surface area contributed by atoms with Crippen LogP contribution in [0.2, 0.25) is 5.02 Å². The van der Waals surface area contributed by atoms with Crippen molar-refractivity contribution >= 4 is 17.6 Å². The van der Waals surface area contributed by atoms with Gasteiger partial charge in [-0.1, -0.05) is 42.8 Å². The summed E-state index contributed by atoms with van der Waals surface area (Å²) in [6, 6.07) is 15.0. The number of benzene rings is 2. The minimum Gasteiger partial charge on any atom is -0.489 e. The molecule has 1 atom stereocenters. The third-order valence-electron chi connectivity index (χ3n) is 3.25. The second-order valence-electron chi connectivity index (χ2n) is 4.98. The predicted molar refractivity (Wildman–Crippen MR) is 82.9 cm³/mol. The van der Waals surface area contributed by atoms with E-state index in [9.17, 15) is 4.79 Å². The van der Waals surface area contributed by atoms with Gasteiger partial charge in [-0.15, -0.1) is 0 Å². The third kappa shape index (κ3) is 4.80. The fourth-order valence-corrected chi connectivity index (χ4v) is 2.15. The molecule has 0 saturated carbocycles. The van der Waals surface area contributed by atoms with Crippen LogP contribution in [0.1, 0.15) is 30.4 Å². The number of hydrogen-bond acceptors (Lipinski definition) is 2. The van der Waals surface area contributed by atoms with Gasteiger partial charge in [0.1, 0.15) is 12.4 Å². The predicted octanol–water partition coefficient (Wildman–Crippen LogP) is 4.50. The highest BCUT2D eigenvalue weighted by Gasteiger charge is 2.10. The highest BCUT2D eigenvalue weighted by Crippen LogP contribution is 2.22. The average Bonchev–Trinajstić information content (AvgIpc) is 2.46. The van der Waals surface area contributed by atoms with Crippen LogP contribution in [0.5, 0.6) is 5.75 Å². The van der Waals surface area contributed by atoms with Gasteiger partial charge in [0.05, 0.1) is 6.42 Å². The molecule has 0 aliphatic carbocycles. The quantitative estimate of drug-likeness (QED) is 0.855. The Kier molecular flexibility index (Phi) is 5.23. The largest absolute Gasteiger partial charge is 0.489 e. The fourth-order valence-electron chi connectivity index (χ4n) is 2.02. The van der Waals surface area contributed by atoms with Crippen molar-refractivity contribution in [2.75, 3.05) is 0 Å². The van der Waals surface area contributed by atoms with E-state index in [0.29, 0.717) is 11.6 Å². The van der Waals surface area contributed by atoms with E-state index < -0.39 is 5.97 Å². The summed E-state index contributed by atoms with van der Waals surface area (Å²) in [5.74, 6) is -0.0328. The molecule has 1 N–H and O–H groups in total. The van der Waals surface area contributed by atoms with Crippen molar-refractivity contribution in [3.05, 3.63) is 64.7 Å². The SMILES string of the molecule is C[C@@H](CC(=O)O)c1ccc(OCc2ccc(Cl)cc2)cc1. The molecule has 2 aromatic rings. The summed E-state index contributed by atoms with van der Waals surface area (Å²) in [5, 5.41) is 9.50. The summed E-state index contributed by atoms with van der Waals surface area (Å²) in [4.78, 5) is 10.7. The number of hydrogen-bond donors (Lipinski definition) is 1. The van der Waals surface area contributed by atoms with E-state index in [2.05, 4.69) is 0 Å². The Hall–Kier alpha value is -2.00. The summed E-state index contributed by atoms with van der Waals surface area (Å²) >= 11 is 5.83. The van der Waals surface area contributed by atoms with E-state index >= 15 is 0 Å². The molecule has 4 heteroatoms. The van der Waals surface area contributed by atoms with Crippen molar-refractivity contribution in [3.8, 4) is 5.75 Å². The maximum atomic E-state index is 10.7. The minimum absolute atomic E-state index is 0.00665. The van der Waals surface area contributed by atoms with Crippen molar-refractivity contribution < 1.29 is 14.6 Å². The highest BCUT2D eigenvalue weighted by atomic mass is 35.5. The number of halogens is 1.